The van der Waals surface area contributed by atoms with E-state index >= 15 is 0 Å². The van der Waals surface area contributed by atoms with Crippen molar-refractivity contribution in [1.29, 1.82) is 0 Å². The largest absolute Gasteiger partial charge is 0.374 e. The number of carbonyl (C=O) groups is 1. The Morgan fingerprint density at radius 1 is 1.32 bits per heavy atom. The van der Waals surface area contributed by atoms with Crippen LogP contribution in [-0.4, -0.2) is 38.6 Å². The third kappa shape index (κ3) is 6.29. The molecule has 1 amide bonds. The van der Waals surface area contributed by atoms with Crippen LogP contribution in [0.1, 0.15) is 38.5 Å². The summed E-state index contributed by atoms with van der Waals surface area (Å²) in [7, 11) is 0. The van der Waals surface area contributed by atoms with Gasteiger partial charge in [-0.05, 0) is 24.8 Å². The molecule has 0 aromatic carbocycles. The van der Waals surface area contributed by atoms with Gasteiger partial charge < -0.3 is 15.8 Å². The first-order valence-corrected chi connectivity index (χ1v) is 6.91. The van der Waals surface area contributed by atoms with E-state index in [2.05, 4.69) is 5.32 Å². The molecule has 1 fully saturated rings. The minimum atomic E-state index is -2.46. The monoisotopic (exact) mass is 278 g/mol. The molecular weight excluding hydrogens is 254 g/mol. The average molecular weight is 278 g/mol. The van der Waals surface area contributed by atoms with Gasteiger partial charge in [0.25, 0.3) is 6.43 Å². The molecule has 0 unspecified atom stereocenters. The number of halogens is 2. The van der Waals surface area contributed by atoms with E-state index < -0.39 is 13.0 Å². The third-order valence-corrected chi connectivity index (χ3v) is 3.70. The predicted octanol–water partition coefficient (Wildman–Crippen LogP) is 1.68. The van der Waals surface area contributed by atoms with Crippen LogP contribution in [0.15, 0.2) is 0 Å². The number of alkyl halides is 2. The van der Waals surface area contributed by atoms with Crippen molar-refractivity contribution in [3.05, 3.63) is 0 Å². The van der Waals surface area contributed by atoms with E-state index in [0.717, 1.165) is 25.7 Å². The molecule has 0 aliphatic heterocycles. The molecular formula is C13H24F2N2O2. The second-order valence-electron chi connectivity index (χ2n) is 5.26. The first-order valence-electron chi connectivity index (χ1n) is 6.91. The van der Waals surface area contributed by atoms with Gasteiger partial charge in [-0.2, -0.15) is 0 Å². The quantitative estimate of drug-likeness (QED) is 0.664. The molecule has 1 aliphatic rings. The van der Waals surface area contributed by atoms with E-state index in [-0.39, 0.29) is 24.5 Å². The van der Waals surface area contributed by atoms with Crippen molar-refractivity contribution < 1.29 is 18.3 Å². The average Bonchev–Trinajstić information content (AvgIpc) is 2.39. The molecule has 1 aliphatic carbocycles. The highest BCUT2D eigenvalue weighted by Gasteiger charge is 2.32. The fraction of sp³-hybridized carbons (Fsp3) is 0.923. The van der Waals surface area contributed by atoms with Crippen LogP contribution in [0.5, 0.6) is 0 Å². The summed E-state index contributed by atoms with van der Waals surface area (Å²) in [6, 6.07) is 0. The molecule has 6 heteroatoms. The lowest BCUT2D eigenvalue weighted by Crippen LogP contribution is -2.39. The zero-order valence-electron chi connectivity index (χ0n) is 11.3. The predicted molar refractivity (Wildman–Crippen MR) is 69.0 cm³/mol. The second-order valence-corrected chi connectivity index (χ2v) is 5.26. The van der Waals surface area contributed by atoms with Crippen LogP contribution in [0.4, 0.5) is 8.78 Å². The van der Waals surface area contributed by atoms with E-state index in [1.807, 2.05) is 0 Å². The van der Waals surface area contributed by atoms with Crippen molar-refractivity contribution in [3.8, 4) is 0 Å². The second kappa shape index (κ2) is 8.43. The van der Waals surface area contributed by atoms with Gasteiger partial charge in [0.1, 0.15) is 6.61 Å². The summed E-state index contributed by atoms with van der Waals surface area (Å²) in [5.41, 5.74) is 5.74. The molecule has 1 rings (SSSR count). The van der Waals surface area contributed by atoms with Gasteiger partial charge in [-0.15, -0.1) is 0 Å². The Kier molecular flexibility index (Phi) is 7.23. The first-order chi connectivity index (χ1) is 9.08. The number of amides is 1. The molecule has 19 heavy (non-hydrogen) atoms. The Labute approximate surface area is 113 Å². The van der Waals surface area contributed by atoms with Gasteiger partial charge in [-0.1, -0.05) is 19.3 Å². The normalized spacial score (nSPS) is 18.5. The van der Waals surface area contributed by atoms with Crippen LogP contribution in [0.3, 0.4) is 0 Å². The van der Waals surface area contributed by atoms with Crippen molar-refractivity contribution >= 4 is 5.91 Å². The molecule has 0 bridgehead atoms. The molecule has 0 saturated heterocycles. The zero-order chi connectivity index (χ0) is 14.1. The Bertz CT molecular complexity index is 269. The van der Waals surface area contributed by atoms with E-state index in [1.54, 1.807) is 0 Å². The Balaban J connectivity index is 2.18. The molecule has 1 saturated carbocycles. The molecule has 3 N–H and O–H groups in total. The summed E-state index contributed by atoms with van der Waals surface area (Å²) in [4.78, 5) is 11.8. The van der Waals surface area contributed by atoms with Gasteiger partial charge in [-0.25, -0.2) is 8.78 Å². The molecule has 0 aromatic rings. The molecule has 4 nitrogen and oxygen atoms in total. The number of nitrogens with one attached hydrogen (secondary N) is 1. The van der Waals surface area contributed by atoms with E-state index in [9.17, 15) is 13.6 Å². The van der Waals surface area contributed by atoms with Crippen LogP contribution < -0.4 is 11.1 Å². The van der Waals surface area contributed by atoms with Crippen molar-refractivity contribution in [2.24, 2.45) is 11.1 Å². The van der Waals surface area contributed by atoms with Crippen LogP contribution in [0.2, 0.25) is 0 Å². The lowest BCUT2D eigenvalue weighted by Gasteiger charge is -2.35. The highest BCUT2D eigenvalue weighted by atomic mass is 19.3. The van der Waals surface area contributed by atoms with Crippen molar-refractivity contribution in [1.82, 2.24) is 5.32 Å². The lowest BCUT2D eigenvalue weighted by atomic mass is 9.72. The summed E-state index contributed by atoms with van der Waals surface area (Å²) >= 11 is 0. The number of hydrogen-bond acceptors (Lipinski definition) is 3. The summed E-state index contributed by atoms with van der Waals surface area (Å²) in [5.74, 6) is -0.0620. The standard InChI is InChI=1S/C13H24F2N2O2/c14-11(15)9-19-7-6-17-12(18)8-13(10-16)4-2-1-3-5-13/h11H,1-10,16H2,(H,17,18). The van der Waals surface area contributed by atoms with Crippen LogP contribution >= 0.6 is 0 Å². The van der Waals surface area contributed by atoms with Gasteiger partial charge in [-0.3, -0.25) is 4.79 Å². The van der Waals surface area contributed by atoms with E-state index in [1.165, 1.54) is 6.42 Å². The van der Waals surface area contributed by atoms with Crippen molar-refractivity contribution in [3.63, 3.8) is 0 Å². The third-order valence-electron chi connectivity index (χ3n) is 3.70. The Morgan fingerprint density at radius 2 is 2.00 bits per heavy atom. The Morgan fingerprint density at radius 3 is 2.58 bits per heavy atom. The summed E-state index contributed by atoms with van der Waals surface area (Å²) in [5, 5.41) is 2.70. The van der Waals surface area contributed by atoms with Gasteiger partial charge in [0.2, 0.25) is 5.91 Å². The summed E-state index contributed by atoms with van der Waals surface area (Å²) in [6.45, 7) is 0.336. The maximum atomic E-state index is 11.8. The van der Waals surface area contributed by atoms with Crippen LogP contribution in [0.25, 0.3) is 0 Å². The molecule has 0 atom stereocenters. The van der Waals surface area contributed by atoms with E-state index in [4.69, 9.17) is 10.5 Å². The topological polar surface area (TPSA) is 64.4 Å². The lowest BCUT2D eigenvalue weighted by molar-refractivity contribution is -0.124. The van der Waals surface area contributed by atoms with Gasteiger partial charge >= 0.3 is 0 Å². The summed E-state index contributed by atoms with van der Waals surface area (Å²) in [6.07, 6.45) is 3.43. The minimum Gasteiger partial charge on any atom is -0.374 e. The molecule has 112 valence electrons. The number of ether oxygens (including phenoxy) is 1. The highest BCUT2D eigenvalue weighted by molar-refractivity contribution is 5.76. The number of rotatable bonds is 8. The van der Waals surface area contributed by atoms with Crippen LogP contribution in [-0.2, 0) is 9.53 Å². The first kappa shape index (κ1) is 16.3. The van der Waals surface area contributed by atoms with Crippen molar-refractivity contribution in [2.75, 3.05) is 26.3 Å². The fourth-order valence-corrected chi connectivity index (χ4v) is 2.59. The van der Waals surface area contributed by atoms with Gasteiger partial charge in [0.05, 0.1) is 6.61 Å². The highest BCUT2D eigenvalue weighted by Crippen LogP contribution is 2.38. The van der Waals surface area contributed by atoms with Gasteiger partial charge in [0.15, 0.2) is 0 Å². The Hall–Kier alpha value is -0.750. The minimum absolute atomic E-state index is 0.0620. The SMILES string of the molecule is NCC1(CC(=O)NCCOCC(F)F)CCCCC1. The smallest absolute Gasteiger partial charge is 0.261 e. The number of hydrogen-bond donors (Lipinski definition) is 2. The van der Waals surface area contributed by atoms with Gasteiger partial charge in [0, 0.05) is 13.0 Å². The maximum absolute atomic E-state index is 11.8. The van der Waals surface area contributed by atoms with Crippen LogP contribution in [0, 0.1) is 5.41 Å². The molecule has 0 radical (unpaired) electrons. The van der Waals surface area contributed by atoms with E-state index in [0.29, 0.717) is 13.0 Å². The maximum Gasteiger partial charge on any atom is 0.261 e. The molecule has 0 spiro atoms. The molecule has 0 aromatic heterocycles. The van der Waals surface area contributed by atoms with Crippen molar-refractivity contribution in [2.45, 2.75) is 45.0 Å². The summed E-state index contributed by atoms with van der Waals surface area (Å²) < 4.78 is 28.3. The number of carbonyl (C=O) groups excluding carboxylic acids is 1. The molecule has 0 heterocycles. The fourth-order valence-electron chi connectivity index (χ4n) is 2.59. The number of nitrogens with two attached hydrogens (primary N) is 1. The zero-order valence-corrected chi connectivity index (χ0v) is 11.3.